The van der Waals surface area contributed by atoms with E-state index in [1.54, 1.807) is 27.0 Å². The van der Waals surface area contributed by atoms with E-state index >= 15 is 8.78 Å². The molecule has 0 bridgehead atoms. The molecule has 2 fully saturated rings. The maximum atomic E-state index is 16.9. The maximum absolute atomic E-state index is 16.9. The second kappa shape index (κ2) is 11.6. The number of nitrogens with one attached hydrogen (secondary N) is 1. The Morgan fingerprint density at radius 2 is 1.94 bits per heavy atom. The monoisotopic (exact) mass is 663 g/mol. The summed E-state index contributed by atoms with van der Waals surface area (Å²) in [5.74, 6) is -0.969. The molecule has 0 spiro atoms. The highest BCUT2D eigenvalue weighted by molar-refractivity contribution is 7.23. The van der Waals surface area contributed by atoms with Crippen molar-refractivity contribution in [2.45, 2.75) is 77.4 Å². The molecule has 1 aromatic carbocycles. The molecule has 0 aliphatic carbocycles. The van der Waals surface area contributed by atoms with Gasteiger partial charge in [-0.2, -0.15) is 5.26 Å². The van der Waals surface area contributed by atoms with Gasteiger partial charge in [0.15, 0.2) is 11.6 Å². The average molecular weight is 664 g/mol. The number of carbonyl (C=O) groups is 1. The predicted octanol–water partition coefficient (Wildman–Crippen LogP) is 5.86. The van der Waals surface area contributed by atoms with E-state index in [1.807, 2.05) is 6.92 Å². The van der Waals surface area contributed by atoms with Crippen LogP contribution in [-0.2, 0) is 22.7 Å². The molecule has 246 valence electrons. The lowest BCUT2D eigenvalue weighted by Gasteiger charge is -2.38. The highest BCUT2D eigenvalue weighted by atomic mass is 32.1. The van der Waals surface area contributed by atoms with Gasteiger partial charge in [-0.3, -0.25) is 15.2 Å². The normalized spacial score (nSPS) is 19.7. The number of aromatic nitrogens is 3. The summed E-state index contributed by atoms with van der Waals surface area (Å²) in [4.78, 5) is 30.7. The van der Waals surface area contributed by atoms with Crippen molar-refractivity contribution in [2.75, 3.05) is 36.4 Å². The minimum atomic E-state index is -0.804. The molecule has 0 saturated carbocycles. The molecule has 11 nitrogen and oxygen atoms in total. The van der Waals surface area contributed by atoms with Crippen molar-refractivity contribution in [3.05, 3.63) is 40.7 Å². The first kappa shape index (κ1) is 31.6. The zero-order chi connectivity index (χ0) is 33.2. The van der Waals surface area contributed by atoms with E-state index in [0.29, 0.717) is 35.6 Å². The number of halogens is 2. The molecular formula is C33H35F2N7O4S. The number of rotatable bonds is 4. The standard InChI is InChI=1S/C33H35F2N7O4S/c1-32(2,3)46-31(43)40-29-18(11-36)24-27(37-13-22(34)28(24)47-29)23-21-16-45-15-20(21)19-12-38-30(39-26(19)25(23)35)42-8-5-17(14-42)41-9-6-33(4,44)7-10-41/h12-13,17,44H,5-10,14-16H2,1-4H3,(H,40,43)/t17-/m1/s1. The number of anilines is 2. The topological polar surface area (TPSA) is 137 Å². The second-order valence-electron chi connectivity index (χ2n) is 13.7. The number of amides is 1. The van der Waals surface area contributed by atoms with Gasteiger partial charge >= 0.3 is 6.09 Å². The largest absolute Gasteiger partial charge is 0.444 e. The van der Waals surface area contributed by atoms with Crippen LogP contribution in [-0.4, -0.2) is 74.5 Å². The molecule has 3 aliphatic rings. The Balaban J connectivity index is 1.30. The van der Waals surface area contributed by atoms with Gasteiger partial charge in [0.25, 0.3) is 0 Å². The van der Waals surface area contributed by atoms with E-state index in [-0.39, 0.29) is 56.7 Å². The number of hydrogen-bond acceptors (Lipinski definition) is 11. The molecule has 1 amide bonds. The van der Waals surface area contributed by atoms with Crippen LogP contribution >= 0.6 is 11.3 Å². The molecule has 0 radical (unpaired) electrons. The minimum Gasteiger partial charge on any atom is -0.444 e. The molecule has 3 aliphatic heterocycles. The number of pyridine rings is 1. The van der Waals surface area contributed by atoms with Crippen LogP contribution in [0.15, 0.2) is 12.4 Å². The maximum Gasteiger partial charge on any atom is 0.412 e. The van der Waals surface area contributed by atoms with E-state index in [2.05, 4.69) is 31.2 Å². The van der Waals surface area contributed by atoms with Crippen LogP contribution in [0.2, 0.25) is 0 Å². The second-order valence-corrected chi connectivity index (χ2v) is 14.7. The van der Waals surface area contributed by atoms with Gasteiger partial charge in [-0.15, -0.1) is 11.3 Å². The number of nitrogens with zero attached hydrogens (tertiary/aromatic N) is 6. The predicted molar refractivity (Wildman–Crippen MR) is 173 cm³/mol. The van der Waals surface area contributed by atoms with Gasteiger partial charge in [0, 0.05) is 54.8 Å². The summed E-state index contributed by atoms with van der Waals surface area (Å²) in [5.41, 5.74) is 0.00339. The summed E-state index contributed by atoms with van der Waals surface area (Å²) >= 11 is 0.859. The highest BCUT2D eigenvalue weighted by Gasteiger charge is 2.36. The van der Waals surface area contributed by atoms with Gasteiger partial charge < -0.3 is 19.5 Å². The average Bonchev–Trinajstić information content (AvgIpc) is 3.76. The van der Waals surface area contributed by atoms with Crippen molar-refractivity contribution < 1.29 is 28.2 Å². The van der Waals surface area contributed by atoms with Crippen LogP contribution < -0.4 is 10.2 Å². The molecule has 47 heavy (non-hydrogen) atoms. The number of thiophene rings is 1. The SMILES string of the molecule is CC1(O)CCN([C@@H]2CCN(c3ncc4c5c(c(-c6ncc(F)c7sc(NC(=O)OC(C)(C)C)c(C#N)c67)c(F)c4n3)COC5)C2)CC1. The lowest BCUT2D eigenvalue weighted by Crippen LogP contribution is -2.47. The number of fused-ring (bicyclic) bond motifs is 4. The number of ether oxygens (including phenoxy) is 2. The Morgan fingerprint density at radius 1 is 1.19 bits per heavy atom. The number of aliphatic hydroxyl groups is 1. The number of hydrogen-bond donors (Lipinski definition) is 2. The van der Waals surface area contributed by atoms with Crippen molar-refractivity contribution in [3.8, 4) is 17.3 Å². The number of piperidine rings is 1. The summed E-state index contributed by atoms with van der Waals surface area (Å²) in [5, 5.41) is 23.8. The van der Waals surface area contributed by atoms with E-state index in [0.717, 1.165) is 49.9 Å². The van der Waals surface area contributed by atoms with Gasteiger partial charge in [-0.25, -0.2) is 23.5 Å². The van der Waals surface area contributed by atoms with Crippen LogP contribution in [0.1, 0.15) is 63.6 Å². The van der Waals surface area contributed by atoms with E-state index in [9.17, 15) is 15.2 Å². The van der Waals surface area contributed by atoms with Crippen molar-refractivity contribution >= 4 is 49.4 Å². The summed E-state index contributed by atoms with van der Waals surface area (Å²) < 4.78 is 43.3. The van der Waals surface area contributed by atoms with Gasteiger partial charge in [0.05, 0.1) is 41.0 Å². The summed E-state index contributed by atoms with van der Waals surface area (Å²) in [6, 6.07) is 2.34. The smallest absolute Gasteiger partial charge is 0.412 e. The molecule has 6 heterocycles. The molecule has 3 aromatic heterocycles. The van der Waals surface area contributed by atoms with Crippen LogP contribution in [0.5, 0.6) is 0 Å². The Morgan fingerprint density at radius 3 is 2.66 bits per heavy atom. The first-order valence-corrected chi connectivity index (χ1v) is 16.5. The number of nitriles is 1. The molecule has 7 rings (SSSR count). The van der Waals surface area contributed by atoms with Gasteiger partial charge in [0.1, 0.15) is 22.2 Å². The van der Waals surface area contributed by atoms with Crippen molar-refractivity contribution in [2.24, 2.45) is 0 Å². The number of likely N-dealkylation sites (tertiary alicyclic amines) is 1. The zero-order valence-electron chi connectivity index (χ0n) is 26.6. The summed E-state index contributed by atoms with van der Waals surface area (Å²) in [7, 11) is 0. The number of benzene rings is 1. The van der Waals surface area contributed by atoms with Crippen LogP contribution in [0.25, 0.3) is 32.2 Å². The number of carbonyl (C=O) groups excluding carboxylic acids is 1. The van der Waals surface area contributed by atoms with Gasteiger partial charge in [-0.1, -0.05) is 0 Å². The molecule has 1 atom stereocenters. The molecule has 14 heteroatoms. The Bertz CT molecular complexity index is 1960. The first-order chi connectivity index (χ1) is 22.3. The van der Waals surface area contributed by atoms with E-state index in [4.69, 9.17) is 14.5 Å². The minimum absolute atomic E-state index is 0.0456. The third kappa shape index (κ3) is 5.75. The highest BCUT2D eigenvalue weighted by Crippen LogP contribution is 2.46. The lowest BCUT2D eigenvalue weighted by atomic mass is 9.93. The van der Waals surface area contributed by atoms with Gasteiger partial charge in [0.2, 0.25) is 5.95 Å². The summed E-state index contributed by atoms with van der Waals surface area (Å²) in [6.45, 7) is 10.3. The molecular weight excluding hydrogens is 628 g/mol. The Hall–Kier alpha value is -4.03. The van der Waals surface area contributed by atoms with Crippen molar-refractivity contribution in [1.29, 1.82) is 5.26 Å². The third-order valence-corrected chi connectivity index (χ3v) is 10.3. The quantitative estimate of drug-likeness (QED) is 0.273. The fourth-order valence-electron chi connectivity index (χ4n) is 6.75. The lowest BCUT2D eigenvalue weighted by molar-refractivity contribution is -0.0142. The first-order valence-electron chi connectivity index (χ1n) is 15.6. The van der Waals surface area contributed by atoms with E-state index < -0.39 is 28.9 Å². The zero-order valence-corrected chi connectivity index (χ0v) is 27.4. The Kier molecular flexibility index (Phi) is 7.78. The van der Waals surface area contributed by atoms with Crippen LogP contribution in [0.3, 0.4) is 0 Å². The molecule has 0 unspecified atom stereocenters. The fraction of sp³-hybridized carbons (Fsp3) is 0.485. The molecule has 2 saturated heterocycles. The van der Waals surface area contributed by atoms with Crippen molar-refractivity contribution in [1.82, 2.24) is 19.9 Å². The molecule has 2 N–H and O–H groups in total. The molecule has 4 aromatic rings. The summed E-state index contributed by atoms with van der Waals surface area (Å²) in [6.07, 6.45) is 4.17. The third-order valence-electron chi connectivity index (χ3n) is 9.16. The van der Waals surface area contributed by atoms with Crippen LogP contribution in [0, 0.1) is 23.0 Å². The Labute approximate surface area is 274 Å². The fourth-order valence-corrected chi connectivity index (χ4v) is 7.79. The van der Waals surface area contributed by atoms with Crippen molar-refractivity contribution in [3.63, 3.8) is 0 Å². The van der Waals surface area contributed by atoms with Crippen LogP contribution in [0.4, 0.5) is 24.5 Å². The van der Waals surface area contributed by atoms with E-state index in [1.165, 1.54) is 0 Å². The van der Waals surface area contributed by atoms with Gasteiger partial charge in [-0.05, 0) is 58.1 Å².